The van der Waals surface area contributed by atoms with E-state index in [1.54, 1.807) is 7.11 Å². The quantitative estimate of drug-likeness (QED) is 0.700. The Balaban J connectivity index is 3.59. The number of hydrogen-bond acceptors (Lipinski definition) is 3. The second-order valence-corrected chi connectivity index (χ2v) is 3.82. The van der Waals surface area contributed by atoms with Crippen LogP contribution in [0.2, 0.25) is 0 Å². The molecule has 1 rings (SSSR count). The zero-order valence-corrected chi connectivity index (χ0v) is 9.88. The lowest BCUT2D eigenvalue weighted by molar-refractivity contribution is 0.407. The average molecular weight is 208 g/mol. The van der Waals surface area contributed by atoms with Crippen LogP contribution in [0.4, 0.5) is 0 Å². The summed E-state index contributed by atoms with van der Waals surface area (Å²) in [5.41, 5.74) is 4.27. The standard InChI is InChI=1S/C11H17BO3/c1-6-8(3)11(15-5)9(4)7(2)10(6)12(13)14/h13-14H,1-5H3. The Kier molecular flexibility index (Phi) is 3.42. The fourth-order valence-corrected chi connectivity index (χ4v) is 2.00. The maximum Gasteiger partial charge on any atom is 0.488 e. The highest BCUT2D eigenvalue weighted by Crippen LogP contribution is 2.27. The second-order valence-electron chi connectivity index (χ2n) is 3.82. The molecule has 0 amide bonds. The maximum atomic E-state index is 9.31. The average Bonchev–Trinajstić information content (AvgIpc) is 2.16. The van der Waals surface area contributed by atoms with Crippen molar-refractivity contribution in [3.63, 3.8) is 0 Å². The molecule has 1 aromatic carbocycles. The molecule has 2 N–H and O–H groups in total. The van der Waals surface area contributed by atoms with Gasteiger partial charge in [0.2, 0.25) is 0 Å². The van der Waals surface area contributed by atoms with Crippen molar-refractivity contribution in [3.05, 3.63) is 22.3 Å². The molecular formula is C11H17BO3. The van der Waals surface area contributed by atoms with Crippen LogP contribution in [0.3, 0.4) is 0 Å². The second kappa shape index (κ2) is 4.25. The van der Waals surface area contributed by atoms with E-state index < -0.39 is 7.12 Å². The largest absolute Gasteiger partial charge is 0.496 e. The Morgan fingerprint density at radius 3 is 1.53 bits per heavy atom. The molecule has 0 unspecified atom stereocenters. The predicted octanol–water partition coefficient (Wildman–Crippen LogP) is 0.609. The van der Waals surface area contributed by atoms with E-state index in [9.17, 15) is 10.0 Å². The molecule has 4 heteroatoms. The molecule has 0 heterocycles. The molecule has 0 bridgehead atoms. The Bertz CT molecular complexity index is 357. The fraction of sp³-hybridized carbons (Fsp3) is 0.455. The van der Waals surface area contributed by atoms with E-state index in [-0.39, 0.29) is 0 Å². The SMILES string of the molecule is COc1c(C)c(C)c(B(O)O)c(C)c1C. The van der Waals surface area contributed by atoms with Gasteiger partial charge in [0, 0.05) is 0 Å². The minimum absolute atomic E-state index is 0.589. The van der Waals surface area contributed by atoms with Crippen LogP contribution in [-0.4, -0.2) is 24.3 Å². The summed E-state index contributed by atoms with van der Waals surface area (Å²) in [5.74, 6) is 0.828. The van der Waals surface area contributed by atoms with Crippen LogP contribution in [0.15, 0.2) is 0 Å². The molecule has 0 aliphatic carbocycles. The summed E-state index contributed by atoms with van der Waals surface area (Å²) in [6.45, 7) is 7.59. The van der Waals surface area contributed by atoms with Crippen molar-refractivity contribution in [1.82, 2.24) is 0 Å². The van der Waals surface area contributed by atoms with Gasteiger partial charge in [-0.3, -0.25) is 0 Å². The van der Waals surface area contributed by atoms with Gasteiger partial charge < -0.3 is 14.8 Å². The van der Waals surface area contributed by atoms with Crippen molar-refractivity contribution in [3.8, 4) is 5.75 Å². The van der Waals surface area contributed by atoms with Gasteiger partial charge in [0.1, 0.15) is 5.75 Å². The Labute approximate surface area is 90.9 Å². The van der Waals surface area contributed by atoms with Gasteiger partial charge in [0.25, 0.3) is 0 Å². The lowest BCUT2D eigenvalue weighted by Crippen LogP contribution is -2.35. The molecule has 0 saturated carbocycles. The van der Waals surface area contributed by atoms with Crippen LogP contribution in [0, 0.1) is 27.7 Å². The number of rotatable bonds is 2. The van der Waals surface area contributed by atoms with E-state index in [2.05, 4.69) is 0 Å². The topological polar surface area (TPSA) is 49.7 Å². The van der Waals surface area contributed by atoms with Gasteiger partial charge in [-0.1, -0.05) is 0 Å². The van der Waals surface area contributed by atoms with Crippen LogP contribution in [0.1, 0.15) is 22.3 Å². The minimum Gasteiger partial charge on any atom is -0.496 e. The third-order valence-corrected chi connectivity index (χ3v) is 3.08. The number of benzene rings is 1. The first-order chi connectivity index (χ1) is 6.91. The smallest absolute Gasteiger partial charge is 0.488 e. The molecule has 0 saturated heterocycles. The Hall–Kier alpha value is -0.995. The molecule has 3 nitrogen and oxygen atoms in total. The van der Waals surface area contributed by atoms with E-state index in [0.717, 1.165) is 28.0 Å². The highest BCUT2D eigenvalue weighted by Gasteiger charge is 2.22. The molecule has 82 valence electrons. The molecule has 0 spiro atoms. The Morgan fingerprint density at radius 1 is 0.867 bits per heavy atom. The molecule has 0 radical (unpaired) electrons. The van der Waals surface area contributed by atoms with Gasteiger partial charge >= 0.3 is 7.12 Å². The molecule has 15 heavy (non-hydrogen) atoms. The zero-order valence-electron chi connectivity index (χ0n) is 9.88. The Morgan fingerprint density at radius 2 is 1.27 bits per heavy atom. The number of hydrogen-bond donors (Lipinski definition) is 2. The highest BCUT2D eigenvalue weighted by atomic mass is 16.5. The molecule has 0 aromatic heterocycles. The lowest BCUT2D eigenvalue weighted by Gasteiger charge is -2.18. The first-order valence-electron chi connectivity index (χ1n) is 4.92. The van der Waals surface area contributed by atoms with Crippen molar-refractivity contribution >= 4 is 12.6 Å². The van der Waals surface area contributed by atoms with Crippen LogP contribution < -0.4 is 10.2 Å². The summed E-state index contributed by atoms with van der Waals surface area (Å²) in [6.07, 6.45) is 0. The van der Waals surface area contributed by atoms with Crippen LogP contribution in [0.25, 0.3) is 0 Å². The van der Waals surface area contributed by atoms with E-state index >= 15 is 0 Å². The van der Waals surface area contributed by atoms with E-state index in [0.29, 0.717) is 5.46 Å². The predicted molar refractivity (Wildman–Crippen MR) is 61.8 cm³/mol. The summed E-state index contributed by atoms with van der Waals surface area (Å²) < 4.78 is 5.31. The molecule has 0 fully saturated rings. The highest BCUT2D eigenvalue weighted by molar-refractivity contribution is 6.59. The van der Waals surface area contributed by atoms with Gasteiger partial charge in [-0.2, -0.15) is 0 Å². The summed E-state index contributed by atoms with van der Waals surface area (Å²) in [5, 5.41) is 18.6. The third kappa shape index (κ3) is 1.87. The van der Waals surface area contributed by atoms with Gasteiger partial charge in [0.05, 0.1) is 7.11 Å². The molecular weight excluding hydrogens is 191 g/mol. The van der Waals surface area contributed by atoms with Crippen molar-refractivity contribution in [1.29, 1.82) is 0 Å². The zero-order chi connectivity index (χ0) is 11.7. The summed E-state index contributed by atoms with van der Waals surface area (Å²) in [4.78, 5) is 0. The summed E-state index contributed by atoms with van der Waals surface area (Å²) >= 11 is 0. The monoisotopic (exact) mass is 208 g/mol. The third-order valence-electron chi connectivity index (χ3n) is 3.08. The molecule has 0 aliphatic heterocycles. The van der Waals surface area contributed by atoms with E-state index in [1.165, 1.54) is 0 Å². The van der Waals surface area contributed by atoms with Crippen molar-refractivity contribution in [2.24, 2.45) is 0 Å². The van der Waals surface area contributed by atoms with Gasteiger partial charge in [-0.25, -0.2) is 0 Å². The fourth-order valence-electron chi connectivity index (χ4n) is 2.00. The van der Waals surface area contributed by atoms with Crippen LogP contribution in [-0.2, 0) is 0 Å². The van der Waals surface area contributed by atoms with Crippen molar-refractivity contribution in [2.75, 3.05) is 7.11 Å². The number of methoxy groups -OCH3 is 1. The summed E-state index contributed by atoms with van der Waals surface area (Å²) in [7, 11) is 0.205. The van der Waals surface area contributed by atoms with Crippen molar-refractivity contribution in [2.45, 2.75) is 27.7 Å². The molecule has 0 atom stereocenters. The maximum absolute atomic E-state index is 9.31. The molecule has 1 aromatic rings. The van der Waals surface area contributed by atoms with Crippen molar-refractivity contribution < 1.29 is 14.8 Å². The van der Waals surface area contributed by atoms with E-state index in [4.69, 9.17) is 4.74 Å². The number of ether oxygens (including phenoxy) is 1. The first kappa shape index (κ1) is 12.1. The van der Waals surface area contributed by atoms with Gasteiger partial charge in [-0.15, -0.1) is 0 Å². The van der Waals surface area contributed by atoms with Crippen LogP contribution >= 0.6 is 0 Å². The van der Waals surface area contributed by atoms with Crippen LogP contribution in [0.5, 0.6) is 5.75 Å². The van der Waals surface area contributed by atoms with E-state index in [1.807, 2.05) is 27.7 Å². The lowest BCUT2D eigenvalue weighted by atomic mass is 9.72. The minimum atomic E-state index is -1.42. The van der Waals surface area contributed by atoms with Gasteiger partial charge in [-0.05, 0) is 55.4 Å². The normalized spacial score (nSPS) is 10.3. The molecule has 0 aliphatic rings. The first-order valence-corrected chi connectivity index (χ1v) is 4.92. The van der Waals surface area contributed by atoms with Gasteiger partial charge in [0.15, 0.2) is 0 Å². The summed E-state index contributed by atoms with van der Waals surface area (Å²) in [6, 6.07) is 0.